The average Bonchev–Trinajstić information content (AvgIpc) is 3.47. The maximum Gasteiger partial charge on any atom is 0.251 e. The van der Waals surface area contributed by atoms with Gasteiger partial charge >= 0.3 is 0 Å². The molecule has 0 radical (unpaired) electrons. The lowest BCUT2D eigenvalue weighted by molar-refractivity contribution is -0.139. The number of hydrogen-bond donors (Lipinski definition) is 1. The standard InChI is InChI=1S/C28H23FN4O3/c29-23-12-10-20(11-13-23)27-22(18-33(31-27)24-4-2-1-3-5-24)16-30-28(36)21-8-6-19(7-9-21)17-32-25(34)14-15-26(32)35/h1-13,18H,14-17H2,(H,30,36). The second-order valence-corrected chi connectivity index (χ2v) is 8.54. The van der Waals surface area contributed by atoms with Crippen molar-refractivity contribution >= 4 is 17.7 Å². The number of nitrogens with zero attached hydrogens (tertiary/aromatic N) is 3. The highest BCUT2D eigenvalue weighted by Crippen LogP contribution is 2.24. The molecule has 1 N–H and O–H groups in total. The van der Waals surface area contributed by atoms with Crippen LogP contribution in [0.4, 0.5) is 4.39 Å². The Labute approximate surface area is 207 Å². The van der Waals surface area contributed by atoms with Crippen LogP contribution in [0.1, 0.15) is 34.3 Å². The van der Waals surface area contributed by atoms with E-state index in [-0.39, 0.29) is 49.5 Å². The summed E-state index contributed by atoms with van der Waals surface area (Å²) in [5.74, 6) is -0.949. The first-order valence-electron chi connectivity index (χ1n) is 11.6. The molecule has 1 saturated heterocycles. The first-order valence-corrected chi connectivity index (χ1v) is 11.6. The Hall–Kier alpha value is -4.59. The van der Waals surface area contributed by atoms with E-state index in [0.29, 0.717) is 11.3 Å². The molecule has 1 fully saturated rings. The molecule has 0 bridgehead atoms. The van der Waals surface area contributed by atoms with Gasteiger partial charge in [0.05, 0.1) is 17.9 Å². The van der Waals surface area contributed by atoms with E-state index >= 15 is 0 Å². The molecule has 3 aromatic carbocycles. The molecule has 5 rings (SSSR count). The topological polar surface area (TPSA) is 84.3 Å². The van der Waals surface area contributed by atoms with Crippen molar-refractivity contribution in [1.29, 1.82) is 0 Å². The van der Waals surface area contributed by atoms with Crippen LogP contribution in [0.3, 0.4) is 0 Å². The summed E-state index contributed by atoms with van der Waals surface area (Å²) in [6, 6.07) is 22.5. The predicted octanol–water partition coefficient (Wildman–Crippen LogP) is 4.26. The SMILES string of the molecule is O=C(NCc1cn(-c2ccccc2)nc1-c1ccc(F)cc1)c1ccc(CN2C(=O)CCC2=O)cc1. The molecule has 36 heavy (non-hydrogen) atoms. The summed E-state index contributed by atoms with van der Waals surface area (Å²) in [4.78, 5) is 37.8. The zero-order valence-corrected chi connectivity index (χ0v) is 19.4. The number of carbonyl (C=O) groups excluding carboxylic acids is 3. The molecule has 1 aliphatic rings. The minimum Gasteiger partial charge on any atom is -0.348 e. The van der Waals surface area contributed by atoms with Gasteiger partial charge in [0.1, 0.15) is 5.82 Å². The van der Waals surface area contributed by atoms with Crippen LogP contribution in [-0.2, 0) is 22.7 Å². The number of aromatic nitrogens is 2. The van der Waals surface area contributed by atoms with Crippen LogP contribution in [0.2, 0.25) is 0 Å². The molecule has 1 aliphatic heterocycles. The van der Waals surface area contributed by atoms with E-state index in [1.807, 2.05) is 36.5 Å². The van der Waals surface area contributed by atoms with Crippen molar-refractivity contribution in [2.24, 2.45) is 0 Å². The third kappa shape index (κ3) is 4.93. The van der Waals surface area contributed by atoms with Crippen LogP contribution in [0.25, 0.3) is 16.9 Å². The summed E-state index contributed by atoms with van der Waals surface area (Å²) < 4.78 is 15.2. The van der Waals surface area contributed by atoms with Crippen molar-refractivity contribution in [1.82, 2.24) is 20.0 Å². The molecule has 2 heterocycles. The summed E-state index contributed by atoms with van der Waals surface area (Å²) in [5.41, 5.74) is 4.26. The van der Waals surface area contributed by atoms with Gasteiger partial charge in [0.2, 0.25) is 11.8 Å². The Morgan fingerprint density at radius 1 is 0.889 bits per heavy atom. The molecular formula is C28H23FN4O3. The summed E-state index contributed by atoms with van der Waals surface area (Å²) in [6.07, 6.45) is 2.35. The largest absolute Gasteiger partial charge is 0.348 e. The van der Waals surface area contributed by atoms with Crippen molar-refractivity contribution in [3.05, 3.63) is 108 Å². The molecule has 0 spiro atoms. The fraction of sp³-hybridized carbons (Fsp3) is 0.143. The van der Waals surface area contributed by atoms with Crippen molar-refractivity contribution < 1.29 is 18.8 Å². The van der Waals surface area contributed by atoms with E-state index in [1.165, 1.54) is 17.0 Å². The number of nitrogens with one attached hydrogen (secondary N) is 1. The number of likely N-dealkylation sites (tertiary alicyclic amines) is 1. The van der Waals surface area contributed by atoms with Crippen LogP contribution in [0, 0.1) is 5.82 Å². The van der Waals surface area contributed by atoms with Gasteiger partial charge in [-0.3, -0.25) is 19.3 Å². The van der Waals surface area contributed by atoms with Crippen molar-refractivity contribution in [2.45, 2.75) is 25.9 Å². The summed E-state index contributed by atoms with van der Waals surface area (Å²) in [7, 11) is 0. The Bertz CT molecular complexity index is 1400. The van der Waals surface area contributed by atoms with Crippen LogP contribution < -0.4 is 5.32 Å². The highest BCUT2D eigenvalue weighted by Gasteiger charge is 2.28. The molecule has 0 atom stereocenters. The Kier molecular flexibility index (Phi) is 6.40. The van der Waals surface area contributed by atoms with Crippen LogP contribution >= 0.6 is 0 Å². The Morgan fingerprint density at radius 3 is 2.22 bits per heavy atom. The summed E-state index contributed by atoms with van der Waals surface area (Å²) in [5, 5.41) is 7.61. The van der Waals surface area contributed by atoms with E-state index in [9.17, 15) is 18.8 Å². The molecule has 180 valence electrons. The van der Waals surface area contributed by atoms with Crippen LogP contribution in [0.15, 0.2) is 85.1 Å². The molecule has 0 saturated carbocycles. The van der Waals surface area contributed by atoms with Crippen LogP contribution in [0.5, 0.6) is 0 Å². The lowest BCUT2D eigenvalue weighted by Gasteiger charge is -2.14. The zero-order valence-electron chi connectivity index (χ0n) is 19.4. The van der Waals surface area contributed by atoms with Crippen molar-refractivity contribution in [3.8, 4) is 16.9 Å². The van der Waals surface area contributed by atoms with Crippen LogP contribution in [-0.4, -0.2) is 32.4 Å². The number of halogens is 1. The van der Waals surface area contributed by atoms with E-state index in [4.69, 9.17) is 0 Å². The second-order valence-electron chi connectivity index (χ2n) is 8.54. The number of imide groups is 1. The number of benzene rings is 3. The van der Waals surface area contributed by atoms with E-state index in [2.05, 4.69) is 10.4 Å². The van der Waals surface area contributed by atoms with Gasteiger partial charge in [0.15, 0.2) is 0 Å². The molecule has 0 unspecified atom stereocenters. The van der Waals surface area contributed by atoms with Gasteiger partial charge in [-0.25, -0.2) is 9.07 Å². The maximum atomic E-state index is 13.5. The third-order valence-corrected chi connectivity index (χ3v) is 6.08. The number of rotatable bonds is 7. The average molecular weight is 483 g/mol. The Morgan fingerprint density at radius 2 is 1.56 bits per heavy atom. The number of para-hydroxylation sites is 1. The van der Waals surface area contributed by atoms with Gasteiger partial charge in [-0.1, -0.05) is 30.3 Å². The van der Waals surface area contributed by atoms with Gasteiger partial charge in [-0.05, 0) is 54.1 Å². The highest BCUT2D eigenvalue weighted by atomic mass is 19.1. The molecule has 4 aromatic rings. The first kappa shape index (κ1) is 23.2. The molecular weight excluding hydrogens is 459 g/mol. The number of carbonyl (C=O) groups is 3. The molecule has 1 aromatic heterocycles. The number of hydrogen-bond acceptors (Lipinski definition) is 4. The summed E-state index contributed by atoms with van der Waals surface area (Å²) >= 11 is 0. The van der Waals surface area contributed by atoms with Gasteiger partial charge in [-0.15, -0.1) is 0 Å². The first-order chi connectivity index (χ1) is 17.5. The van der Waals surface area contributed by atoms with E-state index in [0.717, 1.165) is 22.4 Å². The molecule has 0 aliphatic carbocycles. The third-order valence-electron chi connectivity index (χ3n) is 6.08. The molecule has 3 amide bonds. The minimum atomic E-state index is -0.335. The normalized spacial score (nSPS) is 13.3. The quantitative estimate of drug-likeness (QED) is 0.399. The van der Waals surface area contributed by atoms with E-state index < -0.39 is 0 Å². The lowest BCUT2D eigenvalue weighted by atomic mass is 10.1. The fourth-order valence-electron chi connectivity index (χ4n) is 4.12. The minimum absolute atomic E-state index is 0.171. The monoisotopic (exact) mass is 482 g/mol. The molecule has 8 heteroatoms. The predicted molar refractivity (Wildman–Crippen MR) is 131 cm³/mol. The van der Waals surface area contributed by atoms with Gasteiger partial charge in [-0.2, -0.15) is 5.10 Å². The smallest absolute Gasteiger partial charge is 0.251 e. The number of amides is 3. The zero-order chi connectivity index (χ0) is 25.1. The van der Waals surface area contributed by atoms with Crippen molar-refractivity contribution in [2.75, 3.05) is 0 Å². The summed E-state index contributed by atoms with van der Waals surface area (Å²) in [6.45, 7) is 0.427. The van der Waals surface area contributed by atoms with Crippen molar-refractivity contribution in [3.63, 3.8) is 0 Å². The lowest BCUT2D eigenvalue weighted by Crippen LogP contribution is -2.28. The molecule has 7 nitrogen and oxygen atoms in total. The van der Waals surface area contributed by atoms with Gasteiger partial charge in [0, 0.05) is 42.3 Å². The maximum absolute atomic E-state index is 13.5. The van der Waals surface area contributed by atoms with Gasteiger partial charge < -0.3 is 5.32 Å². The van der Waals surface area contributed by atoms with Gasteiger partial charge in [0.25, 0.3) is 5.91 Å². The fourth-order valence-corrected chi connectivity index (χ4v) is 4.12. The van der Waals surface area contributed by atoms with E-state index in [1.54, 1.807) is 41.1 Å². The second kappa shape index (κ2) is 9.95. The Balaban J connectivity index is 1.32. The highest BCUT2D eigenvalue weighted by molar-refractivity contribution is 6.01.